The Morgan fingerprint density at radius 1 is 1.40 bits per heavy atom. The van der Waals surface area contributed by atoms with Crippen molar-refractivity contribution in [3.63, 3.8) is 0 Å². The summed E-state index contributed by atoms with van der Waals surface area (Å²) >= 11 is 0. The van der Waals surface area contributed by atoms with Gasteiger partial charge in [0.2, 0.25) is 5.91 Å². The van der Waals surface area contributed by atoms with Crippen LogP contribution in [0.1, 0.15) is 30.9 Å². The van der Waals surface area contributed by atoms with E-state index in [4.69, 9.17) is 4.74 Å². The number of ether oxygens (including phenoxy) is 1. The van der Waals surface area contributed by atoms with Gasteiger partial charge in [-0.1, -0.05) is 30.3 Å². The number of carbonyl (C=O) groups excluding carboxylic acids is 2. The highest BCUT2D eigenvalue weighted by molar-refractivity contribution is 5.83. The molecule has 0 spiro atoms. The van der Waals surface area contributed by atoms with Crippen molar-refractivity contribution < 1.29 is 14.3 Å². The number of benzene rings is 1. The molecule has 1 heterocycles. The van der Waals surface area contributed by atoms with Gasteiger partial charge in [0.25, 0.3) is 0 Å². The van der Waals surface area contributed by atoms with Crippen molar-refractivity contribution in [3.05, 3.63) is 35.9 Å². The molecule has 0 aromatic heterocycles. The zero-order chi connectivity index (χ0) is 14.4. The smallest absolute Gasteiger partial charge is 0.307 e. The highest BCUT2D eigenvalue weighted by atomic mass is 16.5. The van der Waals surface area contributed by atoms with Crippen LogP contribution in [0.5, 0.6) is 0 Å². The van der Waals surface area contributed by atoms with E-state index in [1.807, 2.05) is 30.3 Å². The Bertz CT molecular complexity index is 455. The molecule has 1 aromatic carbocycles. The number of hydrogen-bond acceptors (Lipinski definition) is 4. The van der Waals surface area contributed by atoms with Gasteiger partial charge in [0.1, 0.15) is 0 Å². The Morgan fingerprint density at radius 2 is 2.15 bits per heavy atom. The third kappa shape index (κ3) is 3.81. The molecule has 2 atom stereocenters. The molecule has 1 saturated heterocycles. The Morgan fingerprint density at radius 3 is 2.75 bits per heavy atom. The van der Waals surface area contributed by atoms with Crippen LogP contribution in [0.3, 0.4) is 0 Å². The van der Waals surface area contributed by atoms with Gasteiger partial charge in [-0.25, -0.2) is 0 Å². The highest BCUT2D eigenvalue weighted by Crippen LogP contribution is 2.18. The fourth-order valence-corrected chi connectivity index (χ4v) is 2.37. The third-order valence-electron chi connectivity index (χ3n) is 3.49. The average molecular weight is 276 g/mol. The largest absolute Gasteiger partial charge is 0.469 e. The van der Waals surface area contributed by atoms with E-state index < -0.39 is 0 Å². The summed E-state index contributed by atoms with van der Waals surface area (Å²) in [4.78, 5) is 23.7. The minimum absolute atomic E-state index is 0.0553. The molecule has 1 aliphatic heterocycles. The minimum atomic E-state index is -0.349. The van der Waals surface area contributed by atoms with Crippen LogP contribution in [-0.2, 0) is 14.3 Å². The number of nitrogens with one attached hydrogen (secondary N) is 2. The van der Waals surface area contributed by atoms with Gasteiger partial charge in [0.05, 0.1) is 25.6 Å². The van der Waals surface area contributed by atoms with E-state index >= 15 is 0 Å². The monoisotopic (exact) mass is 276 g/mol. The number of amides is 1. The molecule has 5 nitrogen and oxygen atoms in total. The van der Waals surface area contributed by atoms with Crippen molar-refractivity contribution >= 4 is 11.9 Å². The van der Waals surface area contributed by atoms with Gasteiger partial charge in [-0.05, 0) is 24.9 Å². The molecule has 2 N–H and O–H groups in total. The van der Waals surface area contributed by atoms with E-state index in [2.05, 4.69) is 10.6 Å². The number of carbonyl (C=O) groups is 2. The fraction of sp³-hybridized carbons (Fsp3) is 0.467. The van der Waals surface area contributed by atoms with E-state index in [1.54, 1.807) is 0 Å². The fourth-order valence-electron chi connectivity index (χ4n) is 2.37. The number of hydrogen-bond donors (Lipinski definition) is 2. The topological polar surface area (TPSA) is 67.4 Å². The van der Waals surface area contributed by atoms with Crippen LogP contribution >= 0.6 is 0 Å². The van der Waals surface area contributed by atoms with Gasteiger partial charge >= 0.3 is 5.97 Å². The minimum Gasteiger partial charge on any atom is -0.469 e. The Kier molecular flexibility index (Phi) is 5.12. The van der Waals surface area contributed by atoms with Crippen molar-refractivity contribution in [1.82, 2.24) is 10.6 Å². The van der Waals surface area contributed by atoms with Crippen LogP contribution in [0, 0.1) is 0 Å². The van der Waals surface area contributed by atoms with Crippen LogP contribution in [0.2, 0.25) is 0 Å². The number of esters is 1. The van der Waals surface area contributed by atoms with Gasteiger partial charge in [-0.3, -0.25) is 9.59 Å². The predicted octanol–water partition coefficient (Wildman–Crippen LogP) is 1.16. The standard InChI is InChI=1S/C15H20N2O3/c1-20-14(18)10-13(11-6-3-2-4-7-11)17-15(19)12-8-5-9-16-12/h2-4,6-7,12-13,16H,5,8-10H2,1H3,(H,17,19)/t12?,13-/m1/s1. The zero-order valence-corrected chi connectivity index (χ0v) is 11.6. The summed E-state index contributed by atoms with van der Waals surface area (Å²) in [7, 11) is 1.35. The SMILES string of the molecule is COC(=O)C[C@@H](NC(=O)C1CCCN1)c1ccccc1. The first kappa shape index (κ1) is 14.5. The maximum Gasteiger partial charge on any atom is 0.307 e. The summed E-state index contributed by atoms with van der Waals surface area (Å²) in [6.45, 7) is 0.866. The lowest BCUT2D eigenvalue weighted by Crippen LogP contribution is -2.42. The first-order chi connectivity index (χ1) is 9.70. The molecular weight excluding hydrogens is 256 g/mol. The molecule has 5 heteroatoms. The van der Waals surface area contributed by atoms with Gasteiger partial charge in [-0.2, -0.15) is 0 Å². The van der Waals surface area contributed by atoms with Crippen molar-refractivity contribution in [2.75, 3.05) is 13.7 Å². The summed E-state index contributed by atoms with van der Waals surface area (Å²) in [5.74, 6) is -0.390. The molecule has 2 rings (SSSR count). The summed E-state index contributed by atoms with van der Waals surface area (Å²) in [5.41, 5.74) is 0.907. The molecule has 1 aliphatic rings. The first-order valence-corrected chi connectivity index (χ1v) is 6.86. The van der Waals surface area contributed by atoms with E-state index in [0.29, 0.717) is 0 Å². The van der Waals surface area contributed by atoms with Crippen molar-refractivity contribution in [2.45, 2.75) is 31.3 Å². The van der Waals surface area contributed by atoms with Crippen molar-refractivity contribution in [3.8, 4) is 0 Å². The molecule has 0 saturated carbocycles. The normalized spacial score (nSPS) is 19.4. The summed E-state index contributed by atoms with van der Waals surface area (Å²) in [6.07, 6.45) is 1.98. The van der Waals surface area contributed by atoms with E-state index in [9.17, 15) is 9.59 Å². The lowest BCUT2D eigenvalue weighted by molar-refractivity contribution is -0.141. The van der Waals surface area contributed by atoms with E-state index in [1.165, 1.54) is 7.11 Å². The Balaban J connectivity index is 2.06. The molecule has 1 fully saturated rings. The van der Waals surface area contributed by atoms with Crippen LogP contribution in [0.15, 0.2) is 30.3 Å². The molecule has 0 radical (unpaired) electrons. The van der Waals surface area contributed by atoms with Gasteiger partial charge in [0, 0.05) is 0 Å². The highest BCUT2D eigenvalue weighted by Gasteiger charge is 2.26. The quantitative estimate of drug-likeness (QED) is 0.792. The van der Waals surface area contributed by atoms with Crippen LogP contribution in [0.25, 0.3) is 0 Å². The lowest BCUT2D eigenvalue weighted by Gasteiger charge is -2.20. The molecule has 108 valence electrons. The zero-order valence-electron chi connectivity index (χ0n) is 11.6. The first-order valence-electron chi connectivity index (χ1n) is 6.86. The Labute approximate surface area is 118 Å². The number of methoxy groups -OCH3 is 1. The molecular formula is C15H20N2O3. The molecule has 1 unspecified atom stereocenters. The summed E-state index contributed by atoms with van der Waals surface area (Å²) < 4.78 is 4.70. The maximum absolute atomic E-state index is 12.2. The number of rotatable bonds is 5. The van der Waals surface area contributed by atoms with Gasteiger partial charge < -0.3 is 15.4 Å². The van der Waals surface area contributed by atoms with Crippen molar-refractivity contribution in [1.29, 1.82) is 0 Å². The van der Waals surface area contributed by atoms with Crippen LogP contribution < -0.4 is 10.6 Å². The second-order valence-corrected chi connectivity index (χ2v) is 4.90. The van der Waals surface area contributed by atoms with Crippen LogP contribution in [0.4, 0.5) is 0 Å². The maximum atomic E-state index is 12.2. The molecule has 1 amide bonds. The van der Waals surface area contributed by atoms with Crippen molar-refractivity contribution in [2.24, 2.45) is 0 Å². The van der Waals surface area contributed by atoms with Gasteiger partial charge in [0.15, 0.2) is 0 Å². The second-order valence-electron chi connectivity index (χ2n) is 4.90. The molecule has 0 bridgehead atoms. The molecule has 20 heavy (non-hydrogen) atoms. The van der Waals surface area contributed by atoms with E-state index in [0.717, 1.165) is 24.9 Å². The lowest BCUT2D eigenvalue weighted by atomic mass is 10.0. The summed E-state index contributed by atoms with van der Waals surface area (Å²) in [5, 5.41) is 6.09. The Hall–Kier alpha value is -1.88. The second kappa shape index (κ2) is 7.05. The molecule has 1 aromatic rings. The molecule has 0 aliphatic carbocycles. The van der Waals surface area contributed by atoms with Crippen LogP contribution in [-0.4, -0.2) is 31.6 Å². The average Bonchev–Trinajstić information content (AvgIpc) is 3.01. The summed E-state index contributed by atoms with van der Waals surface area (Å²) in [6, 6.07) is 8.97. The predicted molar refractivity (Wildman–Crippen MR) is 75.0 cm³/mol. The van der Waals surface area contributed by atoms with Gasteiger partial charge in [-0.15, -0.1) is 0 Å². The van der Waals surface area contributed by atoms with E-state index in [-0.39, 0.29) is 30.4 Å². The third-order valence-corrected chi connectivity index (χ3v) is 3.49.